The van der Waals surface area contributed by atoms with E-state index in [9.17, 15) is 4.39 Å². The fourth-order valence-corrected chi connectivity index (χ4v) is 2.46. The van der Waals surface area contributed by atoms with Crippen LogP contribution in [0.2, 0.25) is 5.15 Å². The summed E-state index contributed by atoms with van der Waals surface area (Å²) in [5.41, 5.74) is 2.57. The SMILES string of the molecule is CC(C)c1ccc2nc(-c3cccc(F)c3)nc(Cl)c2c1. The van der Waals surface area contributed by atoms with E-state index in [2.05, 4.69) is 23.8 Å². The molecule has 0 aliphatic carbocycles. The van der Waals surface area contributed by atoms with Gasteiger partial charge in [0.25, 0.3) is 0 Å². The average Bonchev–Trinajstić information content (AvgIpc) is 2.46. The molecule has 2 nitrogen and oxygen atoms in total. The molecule has 0 saturated carbocycles. The van der Waals surface area contributed by atoms with Gasteiger partial charge in [-0.15, -0.1) is 0 Å². The molecule has 4 heteroatoms. The van der Waals surface area contributed by atoms with Crippen molar-refractivity contribution in [1.82, 2.24) is 9.97 Å². The molecule has 0 spiro atoms. The van der Waals surface area contributed by atoms with Gasteiger partial charge in [-0.2, -0.15) is 0 Å². The van der Waals surface area contributed by atoms with Crippen molar-refractivity contribution < 1.29 is 4.39 Å². The average molecular weight is 301 g/mol. The third-order valence-corrected chi connectivity index (χ3v) is 3.71. The van der Waals surface area contributed by atoms with Gasteiger partial charge in [-0.3, -0.25) is 0 Å². The molecule has 3 rings (SSSR count). The summed E-state index contributed by atoms with van der Waals surface area (Å²) in [5, 5.41) is 1.21. The Labute approximate surface area is 127 Å². The molecule has 1 aromatic heterocycles. The number of rotatable bonds is 2. The van der Waals surface area contributed by atoms with Crippen molar-refractivity contribution in [2.75, 3.05) is 0 Å². The summed E-state index contributed by atoms with van der Waals surface area (Å²) < 4.78 is 13.3. The van der Waals surface area contributed by atoms with E-state index in [1.54, 1.807) is 12.1 Å². The van der Waals surface area contributed by atoms with Gasteiger partial charge in [0.05, 0.1) is 5.52 Å². The normalized spacial score (nSPS) is 11.3. The van der Waals surface area contributed by atoms with Gasteiger partial charge in [0.2, 0.25) is 0 Å². The van der Waals surface area contributed by atoms with E-state index in [0.717, 1.165) is 10.9 Å². The third-order valence-electron chi connectivity index (χ3n) is 3.42. The quantitative estimate of drug-likeness (QED) is 0.607. The van der Waals surface area contributed by atoms with E-state index in [-0.39, 0.29) is 5.82 Å². The standard InChI is InChI=1S/C17H14ClFN2/c1-10(2)11-6-7-15-14(9-11)16(18)21-17(20-15)12-4-3-5-13(19)8-12/h3-10H,1-2H3. The van der Waals surface area contributed by atoms with Crippen molar-refractivity contribution in [3.8, 4) is 11.4 Å². The van der Waals surface area contributed by atoms with Crippen LogP contribution < -0.4 is 0 Å². The van der Waals surface area contributed by atoms with Crippen molar-refractivity contribution in [1.29, 1.82) is 0 Å². The van der Waals surface area contributed by atoms with Gasteiger partial charge < -0.3 is 0 Å². The Morgan fingerprint density at radius 2 is 1.86 bits per heavy atom. The van der Waals surface area contributed by atoms with Crippen molar-refractivity contribution in [2.24, 2.45) is 0 Å². The van der Waals surface area contributed by atoms with Crippen LogP contribution in [-0.4, -0.2) is 9.97 Å². The molecule has 0 amide bonds. The van der Waals surface area contributed by atoms with Crippen LogP contribution in [0.1, 0.15) is 25.3 Å². The molecule has 1 heterocycles. The molecule has 0 atom stereocenters. The van der Waals surface area contributed by atoms with E-state index >= 15 is 0 Å². The van der Waals surface area contributed by atoms with Gasteiger partial charge in [0.15, 0.2) is 5.82 Å². The second-order valence-electron chi connectivity index (χ2n) is 5.28. The van der Waals surface area contributed by atoms with Crippen LogP contribution in [0.3, 0.4) is 0 Å². The van der Waals surface area contributed by atoms with E-state index in [1.165, 1.54) is 17.7 Å². The second-order valence-corrected chi connectivity index (χ2v) is 5.64. The molecule has 0 bridgehead atoms. The number of nitrogens with zero attached hydrogens (tertiary/aromatic N) is 2. The number of hydrogen-bond donors (Lipinski definition) is 0. The summed E-state index contributed by atoms with van der Waals surface area (Å²) >= 11 is 6.28. The molecule has 0 fully saturated rings. The van der Waals surface area contributed by atoms with E-state index < -0.39 is 0 Å². The summed E-state index contributed by atoms with van der Waals surface area (Å²) in [5.74, 6) is 0.528. The van der Waals surface area contributed by atoms with Crippen LogP contribution >= 0.6 is 11.6 Å². The highest BCUT2D eigenvalue weighted by Gasteiger charge is 2.10. The van der Waals surface area contributed by atoms with Crippen molar-refractivity contribution in [2.45, 2.75) is 19.8 Å². The minimum atomic E-state index is -0.317. The largest absolute Gasteiger partial charge is 0.228 e. The van der Waals surface area contributed by atoms with Gasteiger partial charge in [-0.05, 0) is 35.7 Å². The third kappa shape index (κ3) is 2.74. The Morgan fingerprint density at radius 1 is 1.05 bits per heavy atom. The van der Waals surface area contributed by atoms with Crippen LogP contribution in [0.25, 0.3) is 22.3 Å². The monoisotopic (exact) mass is 300 g/mol. The summed E-state index contributed by atoms with van der Waals surface area (Å²) in [6, 6.07) is 12.2. The zero-order valence-electron chi connectivity index (χ0n) is 11.8. The Bertz CT molecular complexity index is 815. The summed E-state index contributed by atoms with van der Waals surface area (Å²) in [7, 11) is 0. The maximum absolute atomic E-state index is 13.3. The molecular formula is C17H14ClFN2. The van der Waals surface area contributed by atoms with E-state index in [0.29, 0.717) is 22.5 Å². The minimum Gasteiger partial charge on any atom is -0.228 e. The van der Waals surface area contributed by atoms with Crippen LogP contribution in [0.15, 0.2) is 42.5 Å². The van der Waals surface area contributed by atoms with Gasteiger partial charge in [-0.1, -0.05) is 43.6 Å². The van der Waals surface area contributed by atoms with Crippen molar-refractivity contribution in [3.63, 3.8) is 0 Å². The molecule has 0 aliphatic rings. The van der Waals surface area contributed by atoms with Crippen molar-refractivity contribution in [3.05, 3.63) is 59.0 Å². The molecular weight excluding hydrogens is 287 g/mol. The lowest BCUT2D eigenvalue weighted by atomic mass is 10.0. The summed E-state index contributed by atoms with van der Waals surface area (Å²) in [6.07, 6.45) is 0. The molecule has 0 radical (unpaired) electrons. The lowest BCUT2D eigenvalue weighted by Gasteiger charge is -2.09. The Kier molecular flexibility index (Phi) is 3.60. The highest BCUT2D eigenvalue weighted by Crippen LogP contribution is 2.28. The van der Waals surface area contributed by atoms with E-state index in [1.807, 2.05) is 18.2 Å². The number of hydrogen-bond acceptors (Lipinski definition) is 2. The predicted molar refractivity (Wildman–Crippen MR) is 84.0 cm³/mol. The highest BCUT2D eigenvalue weighted by atomic mass is 35.5. The number of fused-ring (bicyclic) bond motifs is 1. The van der Waals surface area contributed by atoms with E-state index in [4.69, 9.17) is 11.6 Å². The predicted octanol–water partition coefficient (Wildman–Crippen LogP) is 5.21. The molecule has 3 aromatic rings. The first kappa shape index (κ1) is 14.0. The topological polar surface area (TPSA) is 25.8 Å². The van der Waals surface area contributed by atoms with Crippen LogP contribution in [0.5, 0.6) is 0 Å². The lowest BCUT2D eigenvalue weighted by molar-refractivity contribution is 0.628. The first-order chi connectivity index (χ1) is 10.0. The summed E-state index contributed by atoms with van der Waals surface area (Å²) in [6.45, 7) is 4.24. The van der Waals surface area contributed by atoms with Gasteiger partial charge in [0, 0.05) is 10.9 Å². The fraction of sp³-hybridized carbons (Fsp3) is 0.176. The van der Waals surface area contributed by atoms with Crippen LogP contribution in [-0.2, 0) is 0 Å². The zero-order chi connectivity index (χ0) is 15.0. The smallest absolute Gasteiger partial charge is 0.161 e. The molecule has 21 heavy (non-hydrogen) atoms. The maximum atomic E-state index is 13.3. The number of halogens is 2. The Morgan fingerprint density at radius 3 is 2.57 bits per heavy atom. The summed E-state index contributed by atoms with van der Waals surface area (Å²) in [4.78, 5) is 8.79. The molecule has 106 valence electrons. The minimum absolute atomic E-state index is 0.317. The molecule has 0 N–H and O–H groups in total. The highest BCUT2D eigenvalue weighted by molar-refractivity contribution is 6.34. The first-order valence-corrected chi connectivity index (χ1v) is 7.15. The Hall–Kier alpha value is -2.00. The number of benzene rings is 2. The molecule has 0 saturated heterocycles. The Balaban J connectivity index is 2.18. The maximum Gasteiger partial charge on any atom is 0.161 e. The molecule has 2 aromatic carbocycles. The second kappa shape index (κ2) is 5.41. The zero-order valence-corrected chi connectivity index (χ0v) is 12.5. The fourth-order valence-electron chi connectivity index (χ4n) is 2.22. The van der Waals surface area contributed by atoms with Gasteiger partial charge in [-0.25, -0.2) is 14.4 Å². The van der Waals surface area contributed by atoms with Crippen molar-refractivity contribution >= 4 is 22.5 Å². The molecule has 0 aliphatic heterocycles. The van der Waals surface area contributed by atoms with Gasteiger partial charge in [0.1, 0.15) is 11.0 Å². The molecule has 0 unspecified atom stereocenters. The lowest BCUT2D eigenvalue weighted by Crippen LogP contribution is -1.94. The first-order valence-electron chi connectivity index (χ1n) is 6.78. The van der Waals surface area contributed by atoms with Gasteiger partial charge >= 0.3 is 0 Å². The van der Waals surface area contributed by atoms with Crippen LogP contribution in [0, 0.1) is 5.82 Å². The van der Waals surface area contributed by atoms with Crippen LogP contribution in [0.4, 0.5) is 4.39 Å². The number of aromatic nitrogens is 2.